The summed E-state index contributed by atoms with van der Waals surface area (Å²) in [5, 5.41) is 12.1. The smallest absolute Gasteiger partial charge is 0.349 e. The molecule has 0 atom stereocenters. The van der Waals surface area contributed by atoms with E-state index in [2.05, 4.69) is 5.32 Å². The van der Waals surface area contributed by atoms with Gasteiger partial charge in [-0.15, -0.1) is 11.3 Å². The fourth-order valence-corrected chi connectivity index (χ4v) is 4.01. The van der Waals surface area contributed by atoms with E-state index in [0.717, 1.165) is 11.3 Å². The molecule has 0 unspecified atom stereocenters. The second kappa shape index (κ2) is 11.7. The summed E-state index contributed by atoms with van der Waals surface area (Å²) in [6.07, 6.45) is 1.51. The van der Waals surface area contributed by atoms with Gasteiger partial charge >= 0.3 is 5.97 Å². The molecule has 0 saturated carbocycles. The van der Waals surface area contributed by atoms with Crippen LogP contribution in [0.3, 0.4) is 0 Å². The normalized spacial score (nSPS) is 10.3. The van der Waals surface area contributed by atoms with Crippen LogP contribution in [0.15, 0.2) is 53.1 Å². The molecule has 9 nitrogen and oxygen atoms in total. The summed E-state index contributed by atoms with van der Waals surface area (Å²) in [5.41, 5.74) is 1.17. The van der Waals surface area contributed by atoms with Gasteiger partial charge in [0.1, 0.15) is 10.6 Å². The van der Waals surface area contributed by atoms with Crippen molar-refractivity contribution in [2.24, 2.45) is 0 Å². The number of anilines is 2. The zero-order valence-electron chi connectivity index (χ0n) is 18.7. The molecule has 0 fully saturated rings. The third-order valence-electron chi connectivity index (χ3n) is 4.62. The zero-order valence-corrected chi connectivity index (χ0v) is 19.5. The van der Waals surface area contributed by atoms with Crippen LogP contribution in [0, 0.1) is 18.3 Å². The van der Waals surface area contributed by atoms with Crippen molar-refractivity contribution in [2.75, 3.05) is 30.0 Å². The largest absolute Gasteiger partial charge is 0.494 e. The van der Waals surface area contributed by atoms with Crippen molar-refractivity contribution in [1.82, 2.24) is 0 Å². The summed E-state index contributed by atoms with van der Waals surface area (Å²) in [5.74, 6) is -0.777. The molecule has 0 aliphatic heterocycles. The summed E-state index contributed by atoms with van der Waals surface area (Å²) in [4.78, 5) is 39.2. The van der Waals surface area contributed by atoms with Gasteiger partial charge in [0.15, 0.2) is 12.4 Å². The monoisotopic (exact) mass is 481 g/mol. The van der Waals surface area contributed by atoms with E-state index in [1.807, 2.05) is 13.0 Å². The van der Waals surface area contributed by atoms with E-state index in [1.54, 1.807) is 43.3 Å². The lowest BCUT2D eigenvalue weighted by Crippen LogP contribution is -2.35. The number of rotatable bonds is 10. The molecule has 2 amide bonds. The first-order valence-electron chi connectivity index (χ1n) is 10.5. The maximum atomic E-state index is 12.8. The molecular weight excluding hydrogens is 458 g/mol. The third kappa shape index (κ3) is 6.24. The van der Waals surface area contributed by atoms with Gasteiger partial charge in [0.2, 0.25) is 0 Å². The minimum atomic E-state index is -0.679. The average molecular weight is 482 g/mol. The summed E-state index contributed by atoms with van der Waals surface area (Å²) in [7, 11) is 0. The van der Waals surface area contributed by atoms with Gasteiger partial charge in [-0.2, -0.15) is 5.26 Å². The summed E-state index contributed by atoms with van der Waals surface area (Å²) in [6.45, 7) is 3.75. The van der Waals surface area contributed by atoms with Gasteiger partial charge < -0.3 is 24.1 Å². The molecule has 3 aromatic rings. The van der Waals surface area contributed by atoms with Gasteiger partial charge in [0.25, 0.3) is 11.8 Å². The fourth-order valence-electron chi connectivity index (χ4n) is 3.05. The number of hydrogen-bond donors (Lipinski definition) is 1. The van der Waals surface area contributed by atoms with Crippen LogP contribution in [0.4, 0.5) is 10.7 Å². The zero-order chi connectivity index (χ0) is 24.5. The second-order valence-electron chi connectivity index (χ2n) is 7.01. The summed E-state index contributed by atoms with van der Waals surface area (Å²) in [6, 6.07) is 13.7. The van der Waals surface area contributed by atoms with Gasteiger partial charge in [-0.05, 0) is 61.9 Å². The van der Waals surface area contributed by atoms with Crippen molar-refractivity contribution in [3.05, 3.63) is 64.9 Å². The lowest BCUT2D eigenvalue weighted by Gasteiger charge is -2.22. The van der Waals surface area contributed by atoms with Gasteiger partial charge in [0.05, 0.1) is 30.4 Å². The lowest BCUT2D eigenvalue weighted by atomic mass is 10.2. The Labute approximate surface area is 200 Å². The van der Waals surface area contributed by atoms with E-state index in [-0.39, 0.29) is 23.6 Å². The number of carbonyl (C=O) groups excluding carboxylic acids is 3. The highest BCUT2D eigenvalue weighted by molar-refractivity contribution is 7.18. The van der Waals surface area contributed by atoms with Gasteiger partial charge in [-0.3, -0.25) is 9.59 Å². The number of hydrogen-bond acceptors (Lipinski definition) is 8. The summed E-state index contributed by atoms with van der Waals surface area (Å²) < 4.78 is 15.7. The number of nitriles is 1. The Morgan fingerprint density at radius 3 is 2.62 bits per heavy atom. The third-order valence-corrected chi connectivity index (χ3v) is 5.75. The van der Waals surface area contributed by atoms with Crippen LogP contribution >= 0.6 is 11.3 Å². The van der Waals surface area contributed by atoms with E-state index in [1.165, 1.54) is 17.2 Å². The van der Waals surface area contributed by atoms with Gasteiger partial charge in [-0.25, -0.2) is 4.79 Å². The van der Waals surface area contributed by atoms with Crippen LogP contribution in [0.2, 0.25) is 0 Å². The number of ether oxygens (including phenoxy) is 2. The van der Waals surface area contributed by atoms with E-state index >= 15 is 0 Å². The van der Waals surface area contributed by atoms with Crippen LogP contribution < -0.4 is 15.0 Å². The van der Waals surface area contributed by atoms with E-state index < -0.39 is 24.4 Å². The number of amides is 2. The van der Waals surface area contributed by atoms with Crippen LogP contribution in [0.25, 0.3) is 0 Å². The quantitative estimate of drug-likeness (QED) is 0.426. The van der Waals surface area contributed by atoms with Gasteiger partial charge in [-0.1, -0.05) is 0 Å². The molecule has 10 heteroatoms. The molecule has 1 N–H and O–H groups in total. The van der Waals surface area contributed by atoms with Crippen LogP contribution in [-0.4, -0.2) is 37.5 Å². The standard InChI is InChI=1S/C24H23N3O6S/c1-3-31-18-9-7-17(8-10-18)27(12-5-11-25)21(28)15-33-24(30)22-16(2)14-20(34-22)26-23(29)19-6-4-13-32-19/h4,6-10,13-14H,3,5,12,15H2,1-2H3,(H,26,29). The number of thiophene rings is 1. The van der Waals surface area contributed by atoms with Crippen molar-refractivity contribution in [1.29, 1.82) is 5.26 Å². The molecule has 3 rings (SSSR count). The number of nitrogens with zero attached hydrogens (tertiary/aromatic N) is 2. The van der Waals surface area contributed by atoms with Crippen molar-refractivity contribution < 1.29 is 28.3 Å². The predicted octanol–water partition coefficient (Wildman–Crippen LogP) is 4.40. The molecule has 0 aliphatic rings. The molecule has 0 bridgehead atoms. The average Bonchev–Trinajstić information content (AvgIpc) is 3.49. The molecule has 34 heavy (non-hydrogen) atoms. The number of benzene rings is 1. The van der Waals surface area contributed by atoms with Crippen LogP contribution in [0.5, 0.6) is 5.75 Å². The first-order valence-corrected chi connectivity index (χ1v) is 11.3. The molecule has 0 saturated heterocycles. The predicted molar refractivity (Wildman–Crippen MR) is 126 cm³/mol. The van der Waals surface area contributed by atoms with E-state index in [0.29, 0.717) is 28.6 Å². The molecule has 0 spiro atoms. The fraction of sp³-hybridized carbons (Fsp3) is 0.250. The van der Waals surface area contributed by atoms with Crippen LogP contribution in [-0.2, 0) is 9.53 Å². The maximum Gasteiger partial charge on any atom is 0.349 e. The Kier molecular flexibility index (Phi) is 8.43. The number of aryl methyl sites for hydroxylation is 1. The topological polar surface area (TPSA) is 122 Å². The minimum Gasteiger partial charge on any atom is -0.494 e. The molecule has 2 heterocycles. The SMILES string of the molecule is CCOc1ccc(N(CCC#N)C(=O)COC(=O)c2sc(NC(=O)c3ccco3)cc2C)cc1. The first-order chi connectivity index (χ1) is 16.4. The minimum absolute atomic E-state index is 0.121. The van der Waals surface area contributed by atoms with Crippen molar-refractivity contribution in [2.45, 2.75) is 20.3 Å². The summed E-state index contributed by atoms with van der Waals surface area (Å²) >= 11 is 1.04. The van der Waals surface area contributed by atoms with Crippen LogP contribution in [0.1, 0.15) is 39.1 Å². The molecule has 0 radical (unpaired) electrons. The highest BCUT2D eigenvalue weighted by Crippen LogP contribution is 2.28. The van der Waals surface area contributed by atoms with Crippen molar-refractivity contribution >= 4 is 39.8 Å². The maximum absolute atomic E-state index is 12.8. The second-order valence-corrected chi connectivity index (χ2v) is 8.06. The first kappa shape index (κ1) is 24.5. The number of furan rings is 1. The molecule has 0 aliphatic carbocycles. The number of nitrogens with one attached hydrogen (secondary N) is 1. The molecule has 2 aromatic heterocycles. The van der Waals surface area contributed by atoms with Crippen molar-refractivity contribution in [3.63, 3.8) is 0 Å². The Morgan fingerprint density at radius 2 is 1.97 bits per heavy atom. The Hall–Kier alpha value is -4.10. The number of carbonyl (C=O) groups is 3. The van der Waals surface area contributed by atoms with E-state index in [4.69, 9.17) is 19.2 Å². The number of esters is 1. The lowest BCUT2D eigenvalue weighted by molar-refractivity contribution is -0.121. The molecule has 176 valence electrons. The Balaban J connectivity index is 1.63. The Morgan fingerprint density at radius 1 is 1.21 bits per heavy atom. The Bertz CT molecular complexity index is 1180. The van der Waals surface area contributed by atoms with Crippen molar-refractivity contribution in [3.8, 4) is 11.8 Å². The van der Waals surface area contributed by atoms with Gasteiger partial charge in [0, 0.05) is 12.2 Å². The highest BCUT2D eigenvalue weighted by atomic mass is 32.1. The highest BCUT2D eigenvalue weighted by Gasteiger charge is 2.21. The molecular formula is C24H23N3O6S. The van der Waals surface area contributed by atoms with E-state index in [9.17, 15) is 14.4 Å². The molecule has 1 aromatic carbocycles.